The van der Waals surface area contributed by atoms with Crippen LogP contribution in [0.5, 0.6) is 0 Å². The minimum Gasteiger partial charge on any atom is -0.445 e. The number of anilines is 1. The highest BCUT2D eigenvalue weighted by Crippen LogP contribution is 2.40. The Balaban J connectivity index is 1.16. The van der Waals surface area contributed by atoms with Gasteiger partial charge in [-0.3, -0.25) is 19.6 Å². The van der Waals surface area contributed by atoms with E-state index in [2.05, 4.69) is 30.6 Å². The van der Waals surface area contributed by atoms with Crippen LogP contribution in [0, 0.1) is 5.82 Å². The van der Waals surface area contributed by atoms with E-state index in [1.54, 1.807) is 21.9 Å². The number of aromatic nitrogens is 1. The molecular weight excluding hydrogens is 687 g/mol. The molecule has 0 bridgehead atoms. The number of halogens is 1. The Hall–Kier alpha value is -4.55. The van der Waals surface area contributed by atoms with Gasteiger partial charge in [0.05, 0.1) is 17.9 Å². The van der Waals surface area contributed by atoms with Gasteiger partial charge in [-0.2, -0.15) is 0 Å². The fraction of sp³-hybridized carbons (Fsp3) is 0.524. The van der Waals surface area contributed by atoms with E-state index in [-0.39, 0.29) is 60.6 Å². The summed E-state index contributed by atoms with van der Waals surface area (Å²) in [7, 11) is 0. The first-order chi connectivity index (χ1) is 25.6. The number of hydrogen-bond donors (Lipinski definition) is 0. The summed E-state index contributed by atoms with van der Waals surface area (Å²) in [6.07, 6.45) is 1.74. The molecule has 2 fully saturated rings. The number of rotatable bonds is 8. The summed E-state index contributed by atoms with van der Waals surface area (Å²) in [6.45, 7) is 18.0. The highest BCUT2D eigenvalue weighted by Gasteiger charge is 2.43. The Morgan fingerprint density at radius 2 is 1.59 bits per heavy atom. The third-order valence-electron chi connectivity index (χ3n) is 10.6. The second-order valence-electron chi connectivity index (χ2n) is 16.8. The molecule has 3 aliphatic rings. The summed E-state index contributed by atoms with van der Waals surface area (Å²) in [5.41, 5.74) is 3.57. The molecule has 0 spiro atoms. The molecule has 0 N–H and O–H groups in total. The molecule has 3 aromatic rings. The molecule has 6 rings (SSSR count). The second-order valence-corrected chi connectivity index (χ2v) is 16.8. The highest BCUT2D eigenvalue weighted by atomic mass is 19.1. The lowest BCUT2D eigenvalue weighted by Crippen LogP contribution is -2.65. The van der Waals surface area contributed by atoms with Crippen LogP contribution in [0.25, 0.3) is 0 Å². The van der Waals surface area contributed by atoms with Crippen LogP contribution in [0.4, 0.5) is 19.7 Å². The van der Waals surface area contributed by atoms with E-state index in [0.29, 0.717) is 52.2 Å². The fourth-order valence-electron chi connectivity index (χ4n) is 7.76. The zero-order chi connectivity index (χ0) is 38.8. The monoisotopic (exact) mass is 742 g/mol. The zero-order valence-corrected chi connectivity index (χ0v) is 32.8. The van der Waals surface area contributed by atoms with E-state index >= 15 is 0 Å². The first-order valence-corrected chi connectivity index (χ1v) is 19.0. The molecule has 3 amide bonds. The van der Waals surface area contributed by atoms with Crippen molar-refractivity contribution >= 4 is 23.8 Å². The summed E-state index contributed by atoms with van der Waals surface area (Å²) in [5.74, 6) is -0.302. The van der Waals surface area contributed by atoms with Crippen LogP contribution in [-0.4, -0.2) is 119 Å². The largest absolute Gasteiger partial charge is 0.445 e. The Morgan fingerprint density at radius 3 is 2.28 bits per heavy atom. The van der Waals surface area contributed by atoms with Gasteiger partial charge >= 0.3 is 12.2 Å². The van der Waals surface area contributed by atoms with Gasteiger partial charge in [0.1, 0.15) is 18.0 Å². The van der Waals surface area contributed by atoms with Crippen LogP contribution in [0.15, 0.2) is 66.9 Å². The Labute approximate surface area is 319 Å². The molecule has 1 aromatic heterocycles. The highest BCUT2D eigenvalue weighted by molar-refractivity contribution is 5.97. The number of pyridine rings is 1. The summed E-state index contributed by atoms with van der Waals surface area (Å²) >= 11 is 0. The van der Waals surface area contributed by atoms with Crippen LogP contribution < -0.4 is 4.90 Å². The number of benzene rings is 2. The molecule has 0 aliphatic carbocycles. The predicted octanol–water partition coefficient (Wildman–Crippen LogP) is 6.09. The number of nitrogens with zero attached hydrogens (tertiary/aromatic N) is 6. The maximum Gasteiger partial charge on any atom is 0.410 e. The smallest absolute Gasteiger partial charge is 0.410 e. The lowest BCUT2D eigenvalue weighted by molar-refractivity contribution is -0.121. The van der Waals surface area contributed by atoms with Crippen molar-refractivity contribution in [2.75, 3.05) is 57.3 Å². The third kappa shape index (κ3) is 9.38. The van der Waals surface area contributed by atoms with Gasteiger partial charge in [0.15, 0.2) is 0 Å². The van der Waals surface area contributed by atoms with Gasteiger partial charge in [0.2, 0.25) is 5.91 Å². The number of ether oxygens (including phenoxy) is 2. The van der Waals surface area contributed by atoms with Crippen LogP contribution >= 0.6 is 0 Å². The lowest BCUT2D eigenvalue weighted by atomic mass is 9.91. The van der Waals surface area contributed by atoms with E-state index in [1.807, 2.05) is 75.2 Å². The molecule has 290 valence electrons. The van der Waals surface area contributed by atoms with Crippen molar-refractivity contribution in [1.29, 1.82) is 0 Å². The van der Waals surface area contributed by atoms with E-state index < -0.39 is 5.60 Å². The van der Waals surface area contributed by atoms with Gasteiger partial charge in [-0.05, 0) is 75.9 Å². The average Bonchev–Trinajstić information content (AvgIpc) is 3.39. The molecule has 2 saturated heterocycles. The van der Waals surface area contributed by atoms with Gasteiger partial charge in [-0.15, -0.1) is 0 Å². The predicted molar refractivity (Wildman–Crippen MR) is 206 cm³/mol. The number of fused-ring (bicyclic) bond motifs is 1. The van der Waals surface area contributed by atoms with E-state index in [0.717, 1.165) is 28.1 Å². The normalized spacial score (nSPS) is 21.9. The maximum absolute atomic E-state index is 14.4. The van der Waals surface area contributed by atoms with Gasteiger partial charge in [0.25, 0.3) is 0 Å². The van der Waals surface area contributed by atoms with E-state index in [9.17, 15) is 18.8 Å². The maximum atomic E-state index is 14.4. The zero-order valence-electron chi connectivity index (χ0n) is 32.8. The summed E-state index contributed by atoms with van der Waals surface area (Å²) in [5, 5.41) is 0. The van der Waals surface area contributed by atoms with Gasteiger partial charge < -0.3 is 24.2 Å². The molecule has 11 nitrogen and oxygen atoms in total. The Kier molecular flexibility index (Phi) is 11.6. The summed E-state index contributed by atoms with van der Waals surface area (Å²) in [6, 6.07) is 17.8. The van der Waals surface area contributed by atoms with Gasteiger partial charge in [-0.25, -0.2) is 14.0 Å². The second kappa shape index (κ2) is 16.0. The van der Waals surface area contributed by atoms with Crippen molar-refractivity contribution in [3.05, 3.63) is 95.1 Å². The number of carbonyl (C=O) groups is 3. The van der Waals surface area contributed by atoms with Crippen LogP contribution in [0.2, 0.25) is 0 Å². The van der Waals surface area contributed by atoms with Gasteiger partial charge in [-0.1, -0.05) is 56.3 Å². The molecule has 4 heterocycles. The van der Waals surface area contributed by atoms with Crippen molar-refractivity contribution in [2.24, 2.45) is 0 Å². The van der Waals surface area contributed by atoms with Crippen LogP contribution in [-0.2, 0) is 32.7 Å². The molecular formula is C42H55FN6O5. The first kappa shape index (κ1) is 39.2. The fourth-order valence-corrected chi connectivity index (χ4v) is 7.76. The SMILES string of the molecule is C[C@@H]1CN(C(=O)OCc2ccccc2)CCN1C[C@H]1CN(C(=O)OC(C)(C)C)[C@@H](C)CN1CC(=O)N1CC(C)(C)c2ncc(Cc3ccc(F)cc3)cc21. The molecule has 0 unspecified atom stereocenters. The Morgan fingerprint density at radius 1 is 0.870 bits per heavy atom. The Bertz CT molecular complexity index is 1800. The molecule has 3 atom stereocenters. The minimum absolute atomic E-state index is 0.0236. The van der Waals surface area contributed by atoms with Crippen molar-refractivity contribution in [1.82, 2.24) is 24.6 Å². The van der Waals surface area contributed by atoms with Crippen molar-refractivity contribution in [3.63, 3.8) is 0 Å². The molecule has 12 heteroatoms. The molecule has 0 saturated carbocycles. The summed E-state index contributed by atoms with van der Waals surface area (Å²) < 4.78 is 25.0. The minimum atomic E-state index is -0.640. The van der Waals surface area contributed by atoms with Crippen molar-refractivity contribution < 1.29 is 28.2 Å². The molecule has 3 aliphatic heterocycles. The molecule has 0 radical (unpaired) electrons. The van der Waals surface area contributed by atoms with Crippen LogP contribution in [0.1, 0.15) is 70.9 Å². The first-order valence-electron chi connectivity index (χ1n) is 19.0. The number of hydrogen-bond acceptors (Lipinski definition) is 8. The quantitative estimate of drug-likeness (QED) is 0.274. The van der Waals surface area contributed by atoms with Crippen molar-refractivity contribution in [2.45, 2.75) is 90.6 Å². The van der Waals surface area contributed by atoms with E-state index in [4.69, 9.17) is 14.5 Å². The number of carbonyl (C=O) groups excluding carboxylic acids is 3. The van der Waals surface area contributed by atoms with E-state index in [1.165, 1.54) is 12.1 Å². The average molecular weight is 743 g/mol. The van der Waals surface area contributed by atoms with Crippen LogP contribution in [0.3, 0.4) is 0 Å². The third-order valence-corrected chi connectivity index (χ3v) is 10.6. The number of piperazine rings is 2. The van der Waals surface area contributed by atoms with Crippen molar-refractivity contribution in [3.8, 4) is 0 Å². The molecule has 2 aromatic carbocycles. The number of amides is 3. The standard InChI is InChI=1S/C42H55FN6O5/c1-29-22-46(39(51)53-27-32-11-9-8-10-12-32)18-17-45(29)24-35-25-48(40(52)54-41(3,4)5)30(2)23-47(35)26-37(50)49-28-42(6,7)38-36(49)20-33(21-44-38)19-31-13-15-34(43)16-14-31/h8-16,20-21,29-30,35H,17-19,22-28H2,1-7H3/t29-,30+,35+/m1/s1. The molecule has 54 heavy (non-hydrogen) atoms. The topological polar surface area (TPSA) is 98.8 Å². The lowest BCUT2D eigenvalue weighted by Gasteiger charge is -2.48. The summed E-state index contributed by atoms with van der Waals surface area (Å²) in [4.78, 5) is 55.6. The van der Waals surface area contributed by atoms with Gasteiger partial charge in [0, 0.05) is 75.6 Å².